The number of rotatable bonds is 7. The van der Waals surface area contributed by atoms with Crippen molar-refractivity contribution in [2.75, 3.05) is 25.1 Å². The van der Waals surface area contributed by atoms with Crippen LogP contribution >= 0.6 is 0 Å². The average Bonchev–Trinajstić information content (AvgIpc) is 2.94. The van der Waals surface area contributed by atoms with Crippen molar-refractivity contribution in [2.45, 2.75) is 18.9 Å². The largest absolute Gasteiger partial charge is 0.504 e. The fourth-order valence-electron chi connectivity index (χ4n) is 4.77. The molecule has 2 aromatic heterocycles. The van der Waals surface area contributed by atoms with Crippen molar-refractivity contribution in [2.24, 2.45) is 0 Å². The maximum Gasteiger partial charge on any atom is 0.221 e. The van der Waals surface area contributed by atoms with Gasteiger partial charge in [0.05, 0.1) is 24.4 Å². The summed E-state index contributed by atoms with van der Waals surface area (Å²) in [5.74, 6) is -0.0592. The molecule has 3 heterocycles. The van der Waals surface area contributed by atoms with Crippen LogP contribution in [0.5, 0.6) is 11.5 Å². The quantitative estimate of drug-likeness (QED) is 0.252. The Kier molecular flexibility index (Phi) is 6.90. The number of hydrogen-bond donors (Lipinski definition) is 3. The van der Waals surface area contributed by atoms with Gasteiger partial charge in [0, 0.05) is 43.2 Å². The van der Waals surface area contributed by atoms with Crippen LogP contribution in [0.1, 0.15) is 44.3 Å². The third-order valence-corrected chi connectivity index (χ3v) is 6.64. The van der Waals surface area contributed by atoms with Gasteiger partial charge in [-0.3, -0.25) is 9.78 Å². The maximum atomic E-state index is 13.4. The third kappa shape index (κ3) is 4.99. The zero-order chi connectivity index (χ0) is 26.6. The lowest BCUT2D eigenvalue weighted by atomic mass is 9.90. The number of pyridine rings is 1. The van der Waals surface area contributed by atoms with E-state index >= 15 is 0 Å². The number of methoxy groups -OCH3 is 1. The fourth-order valence-corrected chi connectivity index (χ4v) is 4.77. The van der Waals surface area contributed by atoms with Crippen molar-refractivity contribution in [1.29, 1.82) is 0 Å². The number of benzene rings is 2. The highest BCUT2D eigenvalue weighted by atomic mass is 16.5. The number of phenols is 1. The molecule has 0 bridgehead atoms. The van der Waals surface area contributed by atoms with E-state index in [0.717, 1.165) is 17.7 Å². The fraction of sp³-hybridized carbons (Fsp3) is 0.172. The highest BCUT2D eigenvalue weighted by Gasteiger charge is 2.28. The number of nitrogen functional groups attached to an aromatic ring is 2. The lowest BCUT2D eigenvalue weighted by molar-refractivity contribution is 0.104. The van der Waals surface area contributed by atoms with Crippen LogP contribution in [0, 0.1) is 0 Å². The number of fused-ring (bicyclic) bond motifs is 1. The molecule has 9 nitrogen and oxygen atoms in total. The van der Waals surface area contributed by atoms with Crippen LogP contribution in [-0.4, -0.2) is 44.4 Å². The number of nitrogens with zero attached hydrogens (tertiary/aromatic N) is 4. The lowest BCUT2D eigenvalue weighted by Gasteiger charge is -2.36. The Labute approximate surface area is 220 Å². The number of ketones is 1. The number of anilines is 2. The number of ether oxygens (including phenoxy) is 1. The van der Waals surface area contributed by atoms with Gasteiger partial charge in [0.2, 0.25) is 5.95 Å². The number of carbonyl (C=O) groups is 1. The van der Waals surface area contributed by atoms with E-state index in [-0.39, 0.29) is 40.7 Å². The second-order valence-electron chi connectivity index (χ2n) is 9.03. The summed E-state index contributed by atoms with van der Waals surface area (Å²) in [5.41, 5.74) is 16.4. The van der Waals surface area contributed by atoms with Gasteiger partial charge in [0.15, 0.2) is 17.3 Å². The number of carbonyl (C=O) groups excluding carboxylic acids is 1. The first-order chi connectivity index (χ1) is 18.4. The molecule has 38 heavy (non-hydrogen) atoms. The molecule has 0 amide bonds. The zero-order valence-electron chi connectivity index (χ0n) is 20.9. The van der Waals surface area contributed by atoms with E-state index in [9.17, 15) is 9.90 Å². The molecular formula is C29H28N6O3. The second-order valence-corrected chi connectivity index (χ2v) is 9.03. The first-order valence-electron chi connectivity index (χ1n) is 12.2. The standard InChI is InChI=1S/C29H28N6O3/c1-38-25-16-18(14-20-17-33-29(31)34-28(20)30)15-22(27(25)37)24(36)10-13-35-12-9-19-6-2-3-7-21(19)26(35)23-8-4-5-11-32-23/h2-8,10-11,13,15-17,26,37H,9,12,14H2,1H3,(H4,30,31,33,34)/b13-10+. The summed E-state index contributed by atoms with van der Waals surface area (Å²) in [6.07, 6.45) is 7.75. The van der Waals surface area contributed by atoms with Crippen LogP contribution in [-0.2, 0) is 12.8 Å². The molecule has 0 fully saturated rings. The minimum atomic E-state index is -0.359. The van der Waals surface area contributed by atoms with Crippen molar-refractivity contribution >= 4 is 17.5 Å². The van der Waals surface area contributed by atoms with Crippen molar-refractivity contribution < 1.29 is 14.6 Å². The van der Waals surface area contributed by atoms with Gasteiger partial charge in [-0.05, 0) is 47.4 Å². The van der Waals surface area contributed by atoms with Gasteiger partial charge < -0.3 is 26.2 Å². The molecule has 1 aliphatic heterocycles. The van der Waals surface area contributed by atoms with Crippen molar-refractivity contribution in [3.05, 3.63) is 113 Å². The SMILES string of the molecule is COc1cc(Cc2cnc(N)nc2N)cc(C(=O)/C=C/N2CCc3ccccc3C2c2ccccn2)c1O. The lowest BCUT2D eigenvalue weighted by Crippen LogP contribution is -2.32. The van der Waals surface area contributed by atoms with Crippen LogP contribution in [0.2, 0.25) is 0 Å². The molecule has 9 heteroatoms. The molecule has 2 aromatic carbocycles. The number of allylic oxidation sites excluding steroid dienone is 1. The monoisotopic (exact) mass is 508 g/mol. The van der Waals surface area contributed by atoms with Gasteiger partial charge in [0.25, 0.3) is 0 Å². The van der Waals surface area contributed by atoms with E-state index in [1.54, 1.807) is 30.7 Å². The normalized spacial score (nSPS) is 14.9. The predicted octanol–water partition coefficient (Wildman–Crippen LogP) is 3.69. The van der Waals surface area contributed by atoms with Crippen LogP contribution in [0.25, 0.3) is 0 Å². The highest BCUT2D eigenvalue weighted by molar-refractivity contribution is 6.07. The molecule has 5 rings (SSSR count). The van der Waals surface area contributed by atoms with Crippen LogP contribution in [0.4, 0.5) is 11.8 Å². The molecule has 4 aromatic rings. The van der Waals surface area contributed by atoms with Crippen molar-refractivity contribution in [1.82, 2.24) is 19.9 Å². The zero-order valence-corrected chi connectivity index (χ0v) is 20.9. The minimum absolute atomic E-state index is 0.0832. The van der Waals surface area contributed by atoms with Gasteiger partial charge >= 0.3 is 0 Å². The number of nitrogens with two attached hydrogens (primary N) is 2. The summed E-state index contributed by atoms with van der Waals surface area (Å²) < 4.78 is 5.34. The summed E-state index contributed by atoms with van der Waals surface area (Å²) in [4.78, 5) is 28.1. The first-order valence-corrected chi connectivity index (χ1v) is 12.2. The molecule has 1 aliphatic rings. The molecule has 0 aliphatic carbocycles. The van der Waals surface area contributed by atoms with E-state index in [4.69, 9.17) is 16.2 Å². The molecule has 0 saturated carbocycles. The number of hydrogen-bond acceptors (Lipinski definition) is 9. The van der Waals surface area contributed by atoms with Crippen LogP contribution in [0.3, 0.4) is 0 Å². The molecule has 0 radical (unpaired) electrons. The Bertz CT molecular complexity index is 1510. The average molecular weight is 509 g/mol. The molecule has 192 valence electrons. The van der Waals surface area contributed by atoms with Crippen LogP contribution < -0.4 is 16.2 Å². The van der Waals surface area contributed by atoms with E-state index in [1.165, 1.54) is 18.7 Å². The van der Waals surface area contributed by atoms with Gasteiger partial charge in [-0.15, -0.1) is 0 Å². The Morgan fingerprint density at radius 2 is 1.97 bits per heavy atom. The second kappa shape index (κ2) is 10.6. The van der Waals surface area contributed by atoms with E-state index in [1.807, 2.05) is 30.3 Å². The summed E-state index contributed by atoms with van der Waals surface area (Å²) in [6, 6.07) is 17.3. The number of aromatic hydroxyl groups is 1. The highest BCUT2D eigenvalue weighted by Crippen LogP contribution is 2.36. The number of phenolic OH excluding ortho intramolecular Hbond substituents is 1. The van der Waals surface area contributed by atoms with Gasteiger partial charge in [-0.1, -0.05) is 30.3 Å². The smallest absolute Gasteiger partial charge is 0.221 e. The Morgan fingerprint density at radius 3 is 2.74 bits per heavy atom. The maximum absolute atomic E-state index is 13.4. The molecule has 0 saturated heterocycles. The number of aromatic nitrogens is 3. The Hall–Kier alpha value is -4.92. The summed E-state index contributed by atoms with van der Waals surface area (Å²) >= 11 is 0. The van der Waals surface area contributed by atoms with Crippen molar-refractivity contribution in [3.8, 4) is 11.5 Å². The summed E-state index contributed by atoms with van der Waals surface area (Å²) in [7, 11) is 1.44. The van der Waals surface area contributed by atoms with Crippen molar-refractivity contribution in [3.63, 3.8) is 0 Å². The first kappa shape index (κ1) is 24.8. The predicted molar refractivity (Wildman–Crippen MR) is 145 cm³/mol. The Morgan fingerprint density at radius 1 is 1.16 bits per heavy atom. The van der Waals surface area contributed by atoms with Gasteiger partial charge in [-0.2, -0.15) is 4.98 Å². The van der Waals surface area contributed by atoms with Gasteiger partial charge in [0.1, 0.15) is 5.82 Å². The summed E-state index contributed by atoms with van der Waals surface area (Å²) in [6.45, 7) is 0.716. The molecule has 1 unspecified atom stereocenters. The summed E-state index contributed by atoms with van der Waals surface area (Å²) in [5, 5.41) is 10.8. The molecule has 5 N–H and O–H groups in total. The van der Waals surface area contributed by atoms with E-state index < -0.39 is 0 Å². The topological polar surface area (TPSA) is 140 Å². The Balaban J connectivity index is 1.45. The van der Waals surface area contributed by atoms with Gasteiger partial charge in [-0.25, -0.2) is 4.98 Å². The minimum Gasteiger partial charge on any atom is -0.504 e. The third-order valence-electron chi connectivity index (χ3n) is 6.64. The van der Waals surface area contributed by atoms with Crippen LogP contribution in [0.15, 0.2) is 79.3 Å². The van der Waals surface area contributed by atoms with E-state index in [0.29, 0.717) is 24.1 Å². The molecule has 0 spiro atoms. The molecule has 1 atom stereocenters. The molecular weight excluding hydrogens is 480 g/mol. The van der Waals surface area contributed by atoms with E-state index in [2.05, 4.69) is 32.0 Å².